The predicted octanol–water partition coefficient (Wildman–Crippen LogP) is 4.59. The van der Waals surface area contributed by atoms with Crippen molar-refractivity contribution in [2.75, 3.05) is 0 Å². The number of allylic oxidation sites excluding steroid dienone is 2. The summed E-state index contributed by atoms with van der Waals surface area (Å²) >= 11 is 0. The predicted molar refractivity (Wildman–Crippen MR) is 123 cm³/mol. The fraction of sp³-hybridized carbons (Fsp3) is 0.154. The monoisotopic (exact) mass is 693 g/mol. The van der Waals surface area contributed by atoms with Gasteiger partial charge in [0.05, 0.1) is 18.5 Å². The molecule has 4 rings (SSSR count). The van der Waals surface area contributed by atoms with Crippen molar-refractivity contribution in [3.63, 3.8) is 0 Å². The first kappa shape index (κ1) is 31.3. The van der Waals surface area contributed by atoms with Gasteiger partial charge in [-0.15, -0.1) is 35.4 Å². The van der Waals surface area contributed by atoms with Crippen LogP contribution in [0.4, 0.5) is 17.6 Å². The third-order valence-electron chi connectivity index (χ3n) is 4.33. The van der Waals surface area contributed by atoms with Crippen LogP contribution < -0.4 is 4.68 Å². The molecule has 0 atom stereocenters. The van der Waals surface area contributed by atoms with Crippen LogP contribution in [0.25, 0.3) is 0 Å². The van der Waals surface area contributed by atoms with Crippen LogP contribution in [0.3, 0.4) is 0 Å². The topological polar surface area (TPSA) is 63.9 Å². The molecule has 0 radical (unpaired) electrons. The second kappa shape index (κ2) is 15.4. The van der Waals surface area contributed by atoms with Gasteiger partial charge >= 0.3 is 20.1 Å². The van der Waals surface area contributed by atoms with Gasteiger partial charge < -0.3 is 5.11 Å². The van der Waals surface area contributed by atoms with Crippen molar-refractivity contribution >= 4 is 5.78 Å². The Balaban J connectivity index is 0.000000292. The van der Waals surface area contributed by atoms with E-state index in [2.05, 4.69) is 24.3 Å². The number of carbonyl (C=O) groups is 1. The molecule has 0 bridgehead atoms. The zero-order valence-electron chi connectivity index (χ0n) is 20.0. The number of ketones is 1. The summed E-state index contributed by atoms with van der Waals surface area (Å²) in [5.41, 5.74) is 0.611. The molecule has 1 N–H and O–H groups in total. The average molecular weight is 693 g/mol. The van der Waals surface area contributed by atoms with Gasteiger partial charge in [-0.2, -0.15) is 21.9 Å². The number of hydrogen-bond donors (Lipinski definition) is 1. The maximum absolute atomic E-state index is 13.3. The van der Waals surface area contributed by atoms with E-state index in [0.717, 1.165) is 24.3 Å². The molecule has 6 nitrogen and oxygen atoms in total. The van der Waals surface area contributed by atoms with Crippen molar-refractivity contribution in [3.05, 3.63) is 127 Å². The Morgan fingerprint density at radius 3 is 1.97 bits per heavy atom. The van der Waals surface area contributed by atoms with Crippen LogP contribution >= 0.6 is 0 Å². The third-order valence-corrected chi connectivity index (χ3v) is 4.33. The number of carbonyl (C=O) groups excluding carboxylic acids is 1. The summed E-state index contributed by atoms with van der Waals surface area (Å²) in [5.74, 6) is -2.49. The number of rotatable bonds is 5. The summed E-state index contributed by atoms with van der Waals surface area (Å²) in [6, 6.07) is 12.5. The van der Waals surface area contributed by atoms with E-state index in [4.69, 9.17) is 5.11 Å². The van der Waals surface area contributed by atoms with Crippen molar-refractivity contribution < 1.29 is 52.2 Å². The molecule has 0 fully saturated rings. The van der Waals surface area contributed by atoms with E-state index >= 15 is 0 Å². The second-order valence-corrected chi connectivity index (χ2v) is 7.42. The minimum Gasteiger partial charge on any atom is -0.512 e. The standard InChI is InChI=1S/C11H9F2N2.C10H7F2N2.C5H8O2.Ir/c1-14-5-2-6-15(14)8-9-3-4-10(12)7-11(9)13;11-9-3-2-8(10(12)6-9)7-14-5-1-4-13-14;1-4(6)3-5(2)7;/h2,4-7H,1,8H2;1,3-6H,7H2;3,6H,1-2H3;/q2*-1;;+3/b;;4-3-;. The molecular formula is C26H24F4IrN4O2+. The van der Waals surface area contributed by atoms with Crippen LogP contribution in [0, 0.1) is 42.4 Å². The van der Waals surface area contributed by atoms with Crippen molar-refractivity contribution in [1.82, 2.24) is 14.5 Å². The Morgan fingerprint density at radius 1 is 1.03 bits per heavy atom. The zero-order valence-corrected chi connectivity index (χ0v) is 22.4. The average Bonchev–Trinajstić information content (AvgIpc) is 3.44. The van der Waals surface area contributed by atoms with Crippen LogP contribution in [0.5, 0.6) is 0 Å². The largest absolute Gasteiger partial charge is 3.00 e. The van der Waals surface area contributed by atoms with Gasteiger partial charge in [0.1, 0.15) is 0 Å². The maximum Gasteiger partial charge on any atom is 3.00 e. The normalized spacial score (nSPS) is 10.4. The second-order valence-electron chi connectivity index (χ2n) is 7.42. The van der Waals surface area contributed by atoms with Gasteiger partial charge in [0, 0.05) is 61.5 Å². The van der Waals surface area contributed by atoms with Gasteiger partial charge in [0.2, 0.25) is 0 Å². The van der Waals surface area contributed by atoms with Gasteiger partial charge in [-0.3, -0.25) is 27.0 Å². The van der Waals surface area contributed by atoms with Crippen molar-refractivity contribution in [2.24, 2.45) is 0 Å². The number of aliphatic hydroxyl groups excluding tert-OH is 1. The SMILES string of the molecule is CC(=O)/C=C(/C)O.Fc1c[c-]c(Cn2cccn2)c(F)c1.[CH2-][n+]1cccn1Cc1[c-]cc(F)cc1F.[Ir+3]. The van der Waals surface area contributed by atoms with Crippen LogP contribution in [0.2, 0.25) is 0 Å². The number of aliphatic hydroxyl groups is 1. The minimum atomic E-state index is -0.619. The molecule has 11 heteroatoms. The van der Waals surface area contributed by atoms with Gasteiger partial charge in [0.25, 0.3) is 0 Å². The van der Waals surface area contributed by atoms with Gasteiger partial charge in [-0.1, -0.05) is 6.07 Å². The van der Waals surface area contributed by atoms with E-state index in [0.29, 0.717) is 11.1 Å². The quantitative estimate of drug-likeness (QED) is 0.110. The van der Waals surface area contributed by atoms with Crippen LogP contribution in [0.1, 0.15) is 25.0 Å². The van der Waals surface area contributed by atoms with Gasteiger partial charge in [-0.25, -0.2) is 4.68 Å². The summed E-state index contributed by atoms with van der Waals surface area (Å²) in [6.45, 7) is 3.39. The first-order valence-corrected chi connectivity index (χ1v) is 10.5. The first-order chi connectivity index (χ1) is 17.0. The molecule has 196 valence electrons. The van der Waals surface area contributed by atoms with Crippen LogP contribution in [-0.2, 0) is 38.0 Å². The summed E-state index contributed by atoms with van der Waals surface area (Å²) in [4.78, 5) is 10.0. The summed E-state index contributed by atoms with van der Waals surface area (Å²) in [6.07, 6.45) is 7.96. The third kappa shape index (κ3) is 11.3. The summed E-state index contributed by atoms with van der Waals surface area (Å²) in [5, 5.41) is 12.3. The first-order valence-electron chi connectivity index (χ1n) is 10.5. The van der Waals surface area contributed by atoms with E-state index in [1.54, 1.807) is 51.0 Å². The number of hydrogen-bond acceptors (Lipinski definition) is 3. The summed E-state index contributed by atoms with van der Waals surface area (Å²) in [7, 11) is 3.69. The molecule has 2 heterocycles. The van der Waals surface area contributed by atoms with Crippen LogP contribution in [0.15, 0.2) is 73.0 Å². The Labute approximate surface area is 225 Å². The molecule has 37 heavy (non-hydrogen) atoms. The maximum atomic E-state index is 13.3. The van der Waals surface area contributed by atoms with Crippen molar-refractivity contribution in [3.8, 4) is 0 Å². The van der Waals surface area contributed by atoms with Crippen LogP contribution in [-0.4, -0.2) is 25.4 Å². The molecule has 0 amide bonds. The molecule has 0 aliphatic carbocycles. The molecule has 0 spiro atoms. The van der Waals surface area contributed by atoms with Crippen molar-refractivity contribution in [2.45, 2.75) is 26.9 Å². The van der Waals surface area contributed by atoms with E-state index in [9.17, 15) is 22.4 Å². The van der Waals surface area contributed by atoms with E-state index in [-0.39, 0.29) is 44.7 Å². The smallest absolute Gasteiger partial charge is 0.512 e. The number of nitrogens with zero attached hydrogens (tertiary/aromatic N) is 4. The Morgan fingerprint density at radius 2 is 1.59 bits per heavy atom. The molecule has 2 aromatic heterocycles. The molecule has 2 aromatic carbocycles. The van der Waals surface area contributed by atoms with Gasteiger partial charge in [-0.05, 0) is 19.9 Å². The number of aromatic nitrogens is 4. The number of benzene rings is 2. The molecule has 0 aliphatic heterocycles. The summed E-state index contributed by atoms with van der Waals surface area (Å²) < 4.78 is 56.3. The van der Waals surface area contributed by atoms with Crippen molar-refractivity contribution in [1.29, 1.82) is 0 Å². The Hall–Kier alpha value is -3.69. The van der Waals surface area contributed by atoms with Gasteiger partial charge in [0.15, 0.2) is 5.78 Å². The fourth-order valence-electron chi connectivity index (χ4n) is 2.76. The van der Waals surface area contributed by atoms with E-state index < -0.39 is 23.3 Å². The number of halogens is 4. The molecule has 0 saturated carbocycles. The fourth-order valence-corrected chi connectivity index (χ4v) is 2.76. The molecular weight excluding hydrogens is 669 g/mol. The Bertz CT molecular complexity index is 1300. The van der Waals surface area contributed by atoms with E-state index in [1.165, 1.54) is 19.9 Å². The molecule has 0 saturated heterocycles. The molecule has 0 aliphatic rings. The minimum absolute atomic E-state index is 0. The van der Waals surface area contributed by atoms with E-state index in [1.807, 2.05) is 0 Å². The molecule has 4 aromatic rings. The Kier molecular flexibility index (Phi) is 13.1. The molecule has 0 unspecified atom stereocenters. The zero-order chi connectivity index (χ0) is 26.7.